The third kappa shape index (κ3) is 5.73. The van der Waals surface area contributed by atoms with Gasteiger partial charge in [-0.25, -0.2) is 0 Å². The number of amides is 1. The number of aryl methyl sites for hydroxylation is 1. The van der Waals surface area contributed by atoms with Crippen molar-refractivity contribution in [3.05, 3.63) is 60.2 Å². The summed E-state index contributed by atoms with van der Waals surface area (Å²) in [7, 11) is 1.97. The van der Waals surface area contributed by atoms with Gasteiger partial charge in [-0.2, -0.15) is 0 Å². The topological polar surface area (TPSA) is 36.0 Å². The molecule has 0 saturated carbocycles. The van der Waals surface area contributed by atoms with Crippen LogP contribution in [-0.4, -0.2) is 68.6 Å². The molecule has 0 unspecified atom stereocenters. The number of anilines is 1. The Morgan fingerprint density at radius 2 is 1.78 bits per heavy atom. The number of ether oxygens (including phenoxy) is 1. The SMILES string of the molecule is Cc1cccc(N2CCN(C(=O)CN(C)CCOc3ccccc3)CC2)c1. The Morgan fingerprint density at radius 3 is 2.48 bits per heavy atom. The lowest BCUT2D eigenvalue weighted by molar-refractivity contribution is -0.132. The summed E-state index contributed by atoms with van der Waals surface area (Å²) in [6.45, 7) is 7.18. The lowest BCUT2D eigenvalue weighted by atomic mass is 10.2. The van der Waals surface area contributed by atoms with Crippen LogP contribution in [0, 0.1) is 6.92 Å². The lowest BCUT2D eigenvalue weighted by Gasteiger charge is -2.36. The summed E-state index contributed by atoms with van der Waals surface area (Å²) in [4.78, 5) is 18.9. The monoisotopic (exact) mass is 367 g/mol. The van der Waals surface area contributed by atoms with Gasteiger partial charge in [0.1, 0.15) is 12.4 Å². The molecule has 0 N–H and O–H groups in total. The minimum Gasteiger partial charge on any atom is -0.492 e. The number of para-hydroxylation sites is 1. The number of carbonyl (C=O) groups excluding carboxylic acids is 1. The van der Waals surface area contributed by atoms with Crippen LogP contribution < -0.4 is 9.64 Å². The zero-order valence-electron chi connectivity index (χ0n) is 16.3. The highest BCUT2D eigenvalue weighted by atomic mass is 16.5. The maximum atomic E-state index is 12.6. The van der Waals surface area contributed by atoms with Gasteiger partial charge in [0.2, 0.25) is 5.91 Å². The molecule has 0 radical (unpaired) electrons. The van der Waals surface area contributed by atoms with E-state index in [0.29, 0.717) is 13.2 Å². The van der Waals surface area contributed by atoms with Crippen molar-refractivity contribution < 1.29 is 9.53 Å². The lowest BCUT2D eigenvalue weighted by Crippen LogP contribution is -2.51. The molecule has 144 valence electrons. The molecular formula is C22H29N3O2. The molecule has 0 aromatic heterocycles. The van der Waals surface area contributed by atoms with Crippen LogP contribution in [0.2, 0.25) is 0 Å². The highest BCUT2D eigenvalue weighted by Crippen LogP contribution is 2.17. The first kappa shape index (κ1) is 19.2. The summed E-state index contributed by atoms with van der Waals surface area (Å²) >= 11 is 0. The third-order valence-electron chi connectivity index (χ3n) is 4.89. The zero-order chi connectivity index (χ0) is 19.1. The van der Waals surface area contributed by atoms with E-state index in [1.807, 2.05) is 47.2 Å². The molecule has 0 atom stereocenters. The van der Waals surface area contributed by atoms with Crippen molar-refractivity contribution in [3.63, 3.8) is 0 Å². The Balaban J connectivity index is 1.38. The van der Waals surface area contributed by atoms with Gasteiger partial charge in [0.05, 0.1) is 6.54 Å². The number of likely N-dealkylation sites (N-methyl/N-ethyl adjacent to an activating group) is 1. The molecule has 1 heterocycles. The van der Waals surface area contributed by atoms with Gasteiger partial charge in [0.25, 0.3) is 0 Å². The van der Waals surface area contributed by atoms with E-state index in [1.165, 1.54) is 11.3 Å². The van der Waals surface area contributed by atoms with Gasteiger partial charge in [0, 0.05) is 38.4 Å². The molecule has 2 aromatic rings. The third-order valence-corrected chi connectivity index (χ3v) is 4.89. The van der Waals surface area contributed by atoms with Crippen molar-refractivity contribution in [2.75, 3.05) is 57.8 Å². The molecule has 1 saturated heterocycles. The van der Waals surface area contributed by atoms with Crippen molar-refractivity contribution >= 4 is 11.6 Å². The van der Waals surface area contributed by atoms with Crippen LogP contribution in [0.15, 0.2) is 54.6 Å². The minimum absolute atomic E-state index is 0.195. The van der Waals surface area contributed by atoms with Crippen LogP contribution in [0.25, 0.3) is 0 Å². The Hall–Kier alpha value is -2.53. The molecule has 1 aliphatic heterocycles. The van der Waals surface area contributed by atoms with Crippen molar-refractivity contribution in [3.8, 4) is 5.75 Å². The van der Waals surface area contributed by atoms with E-state index in [9.17, 15) is 4.79 Å². The molecule has 5 nitrogen and oxygen atoms in total. The van der Waals surface area contributed by atoms with Crippen molar-refractivity contribution in [2.24, 2.45) is 0 Å². The summed E-state index contributed by atoms with van der Waals surface area (Å²) < 4.78 is 5.70. The molecule has 3 rings (SSSR count). The number of rotatable bonds is 7. The van der Waals surface area contributed by atoms with E-state index in [1.54, 1.807) is 0 Å². The number of benzene rings is 2. The normalized spacial score (nSPS) is 14.5. The van der Waals surface area contributed by atoms with Crippen LogP contribution in [0.4, 0.5) is 5.69 Å². The molecule has 0 bridgehead atoms. The van der Waals surface area contributed by atoms with E-state index in [4.69, 9.17) is 4.74 Å². The van der Waals surface area contributed by atoms with Gasteiger partial charge >= 0.3 is 0 Å². The maximum absolute atomic E-state index is 12.6. The second kappa shape index (κ2) is 9.42. The number of nitrogens with zero attached hydrogens (tertiary/aromatic N) is 3. The van der Waals surface area contributed by atoms with Crippen LogP contribution in [0.5, 0.6) is 5.75 Å². The molecule has 1 fully saturated rings. The molecule has 0 spiro atoms. The Labute approximate surface area is 162 Å². The van der Waals surface area contributed by atoms with Crippen LogP contribution in [0.3, 0.4) is 0 Å². The highest BCUT2D eigenvalue weighted by Gasteiger charge is 2.22. The van der Waals surface area contributed by atoms with Crippen LogP contribution >= 0.6 is 0 Å². The van der Waals surface area contributed by atoms with Crippen LogP contribution in [0.1, 0.15) is 5.56 Å². The summed E-state index contributed by atoms with van der Waals surface area (Å²) in [6.07, 6.45) is 0. The Bertz CT molecular complexity index is 727. The predicted octanol–water partition coefficient (Wildman–Crippen LogP) is 2.65. The number of carbonyl (C=O) groups is 1. The molecule has 27 heavy (non-hydrogen) atoms. The average Bonchev–Trinajstić information content (AvgIpc) is 2.69. The summed E-state index contributed by atoms with van der Waals surface area (Å²) in [6, 6.07) is 18.3. The van der Waals surface area contributed by atoms with Gasteiger partial charge < -0.3 is 14.5 Å². The van der Waals surface area contributed by atoms with E-state index < -0.39 is 0 Å². The zero-order valence-corrected chi connectivity index (χ0v) is 16.3. The van der Waals surface area contributed by atoms with Crippen molar-refractivity contribution in [1.82, 2.24) is 9.80 Å². The van der Waals surface area contributed by atoms with Gasteiger partial charge in [-0.15, -0.1) is 0 Å². The Morgan fingerprint density at radius 1 is 1.04 bits per heavy atom. The minimum atomic E-state index is 0.195. The fourth-order valence-corrected chi connectivity index (χ4v) is 3.28. The van der Waals surface area contributed by atoms with Crippen molar-refractivity contribution in [1.29, 1.82) is 0 Å². The maximum Gasteiger partial charge on any atom is 0.236 e. The molecule has 2 aromatic carbocycles. The van der Waals surface area contributed by atoms with E-state index in [0.717, 1.165) is 38.5 Å². The van der Waals surface area contributed by atoms with E-state index in [-0.39, 0.29) is 5.91 Å². The summed E-state index contributed by atoms with van der Waals surface area (Å²) in [5, 5.41) is 0. The first-order valence-electron chi connectivity index (χ1n) is 9.57. The number of hydrogen-bond donors (Lipinski definition) is 0. The average molecular weight is 367 g/mol. The summed E-state index contributed by atoms with van der Waals surface area (Å²) in [5.41, 5.74) is 2.52. The fraction of sp³-hybridized carbons (Fsp3) is 0.409. The Kier molecular flexibility index (Phi) is 6.71. The second-order valence-electron chi connectivity index (χ2n) is 7.11. The van der Waals surface area contributed by atoms with E-state index >= 15 is 0 Å². The molecular weight excluding hydrogens is 338 g/mol. The number of hydrogen-bond acceptors (Lipinski definition) is 4. The van der Waals surface area contributed by atoms with Crippen LogP contribution in [-0.2, 0) is 4.79 Å². The van der Waals surface area contributed by atoms with Gasteiger partial charge in [0.15, 0.2) is 0 Å². The van der Waals surface area contributed by atoms with E-state index in [2.05, 4.69) is 36.1 Å². The largest absolute Gasteiger partial charge is 0.492 e. The highest BCUT2D eigenvalue weighted by molar-refractivity contribution is 5.78. The van der Waals surface area contributed by atoms with Gasteiger partial charge in [-0.05, 0) is 43.8 Å². The first-order chi connectivity index (χ1) is 13.1. The van der Waals surface area contributed by atoms with Gasteiger partial charge in [-0.1, -0.05) is 30.3 Å². The molecule has 1 aliphatic rings. The van der Waals surface area contributed by atoms with Gasteiger partial charge in [-0.3, -0.25) is 9.69 Å². The second-order valence-corrected chi connectivity index (χ2v) is 7.11. The quantitative estimate of drug-likeness (QED) is 0.754. The summed E-state index contributed by atoms with van der Waals surface area (Å²) in [5.74, 6) is 1.06. The molecule has 1 amide bonds. The molecule has 5 heteroatoms. The predicted molar refractivity (Wildman–Crippen MR) is 109 cm³/mol. The first-order valence-corrected chi connectivity index (χ1v) is 9.57. The fourth-order valence-electron chi connectivity index (χ4n) is 3.28. The standard InChI is InChI=1S/C22H29N3O2/c1-19-7-6-8-20(17-19)24-11-13-25(14-12-24)22(26)18-23(2)15-16-27-21-9-4-3-5-10-21/h3-10,17H,11-16,18H2,1-2H3. The van der Waals surface area contributed by atoms with Crippen molar-refractivity contribution in [2.45, 2.75) is 6.92 Å². The smallest absolute Gasteiger partial charge is 0.236 e. The molecule has 0 aliphatic carbocycles. The number of piperazine rings is 1.